The Balaban J connectivity index is 1.82. The zero-order valence-electron chi connectivity index (χ0n) is 20.3. The number of ether oxygens (including phenoxy) is 2. The van der Waals surface area contributed by atoms with Gasteiger partial charge in [-0.25, -0.2) is 9.59 Å². The van der Waals surface area contributed by atoms with E-state index in [0.29, 0.717) is 11.4 Å². The minimum Gasteiger partial charge on any atom is -0.452 e. The monoisotopic (exact) mass is 469 g/mol. The van der Waals surface area contributed by atoms with E-state index in [9.17, 15) is 19.2 Å². The number of carbonyl (C=O) groups excluding carboxylic acids is 4. The number of hydrogen-bond donors (Lipinski definition) is 3. The quantitative estimate of drug-likeness (QED) is 0.529. The lowest BCUT2D eigenvalue weighted by Gasteiger charge is -2.19. The highest BCUT2D eigenvalue weighted by molar-refractivity contribution is 5.97. The number of nitrogens with one attached hydrogen (secondary N) is 3. The van der Waals surface area contributed by atoms with Gasteiger partial charge in [-0.2, -0.15) is 0 Å². The van der Waals surface area contributed by atoms with Crippen LogP contribution in [0.2, 0.25) is 0 Å². The fourth-order valence-corrected chi connectivity index (χ4v) is 3.15. The SMILES string of the molecule is Cc1cc(C)c(NC(=O)CNC(=O)COC(=O)c2cccc(NC(=O)OC(C)(C)C)c2)c(C)c1. The summed E-state index contributed by atoms with van der Waals surface area (Å²) in [6, 6.07) is 9.95. The van der Waals surface area contributed by atoms with Gasteiger partial charge in [0.25, 0.3) is 5.91 Å². The predicted octanol–water partition coefficient (Wildman–Crippen LogP) is 3.87. The molecule has 3 N–H and O–H groups in total. The molecule has 0 unspecified atom stereocenters. The standard InChI is InChI=1S/C25H31N3O6/c1-15-10-16(2)22(17(3)11-15)28-20(29)13-26-21(30)14-33-23(31)18-8-7-9-19(12-18)27-24(32)34-25(4,5)6/h7-12H,13-14H2,1-6H3,(H,26,30)(H,27,32)(H,28,29). The number of rotatable bonds is 7. The molecule has 0 fully saturated rings. The van der Waals surface area contributed by atoms with Crippen LogP contribution in [-0.2, 0) is 19.1 Å². The topological polar surface area (TPSA) is 123 Å². The normalized spacial score (nSPS) is 10.8. The lowest BCUT2D eigenvalue weighted by molar-refractivity contribution is -0.126. The summed E-state index contributed by atoms with van der Waals surface area (Å²) in [7, 11) is 0. The molecule has 9 nitrogen and oxygen atoms in total. The smallest absolute Gasteiger partial charge is 0.412 e. The van der Waals surface area contributed by atoms with E-state index in [1.54, 1.807) is 32.9 Å². The van der Waals surface area contributed by atoms with Gasteiger partial charge >= 0.3 is 12.1 Å². The van der Waals surface area contributed by atoms with Crippen molar-refractivity contribution in [3.05, 3.63) is 58.7 Å². The molecule has 2 aromatic carbocycles. The molecule has 0 bridgehead atoms. The maximum atomic E-state index is 12.3. The number of esters is 1. The highest BCUT2D eigenvalue weighted by Gasteiger charge is 2.17. The molecule has 0 aliphatic rings. The predicted molar refractivity (Wildman–Crippen MR) is 129 cm³/mol. The van der Waals surface area contributed by atoms with Gasteiger partial charge in [0.05, 0.1) is 12.1 Å². The fraction of sp³-hybridized carbons (Fsp3) is 0.360. The van der Waals surface area contributed by atoms with Gasteiger partial charge in [-0.15, -0.1) is 0 Å². The second kappa shape index (κ2) is 11.3. The summed E-state index contributed by atoms with van der Waals surface area (Å²) in [4.78, 5) is 48.4. The minimum absolute atomic E-state index is 0.143. The van der Waals surface area contributed by atoms with Crippen molar-refractivity contribution in [2.24, 2.45) is 0 Å². The summed E-state index contributed by atoms with van der Waals surface area (Å²) < 4.78 is 10.2. The third-order valence-corrected chi connectivity index (χ3v) is 4.47. The van der Waals surface area contributed by atoms with Crippen molar-refractivity contribution in [2.45, 2.75) is 47.1 Å². The van der Waals surface area contributed by atoms with Crippen LogP contribution < -0.4 is 16.0 Å². The van der Waals surface area contributed by atoms with Gasteiger partial charge in [-0.1, -0.05) is 23.8 Å². The Morgan fingerprint density at radius 3 is 2.15 bits per heavy atom. The van der Waals surface area contributed by atoms with Crippen LogP contribution in [0.4, 0.5) is 16.2 Å². The second-order valence-electron chi connectivity index (χ2n) is 8.88. The Hall–Kier alpha value is -3.88. The van der Waals surface area contributed by atoms with Gasteiger partial charge < -0.3 is 20.1 Å². The summed E-state index contributed by atoms with van der Waals surface area (Å²) in [5.74, 6) is -1.77. The van der Waals surface area contributed by atoms with E-state index in [2.05, 4.69) is 16.0 Å². The van der Waals surface area contributed by atoms with E-state index in [-0.39, 0.29) is 12.1 Å². The zero-order valence-corrected chi connectivity index (χ0v) is 20.3. The molecule has 0 spiro atoms. The van der Waals surface area contributed by atoms with Crippen molar-refractivity contribution in [2.75, 3.05) is 23.8 Å². The lowest BCUT2D eigenvalue weighted by Crippen LogP contribution is -2.35. The Kier molecular flexibility index (Phi) is 8.77. The molecule has 0 saturated carbocycles. The Bertz CT molecular complexity index is 1070. The van der Waals surface area contributed by atoms with Crippen LogP contribution in [0.15, 0.2) is 36.4 Å². The Labute approximate surface area is 199 Å². The van der Waals surface area contributed by atoms with Crippen LogP contribution in [0.5, 0.6) is 0 Å². The fourth-order valence-electron chi connectivity index (χ4n) is 3.15. The molecule has 0 aromatic heterocycles. The number of benzene rings is 2. The van der Waals surface area contributed by atoms with Gasteiger partial charge in [0.15, 0.2) is 6.61 Å². The van der Waals surface area contributed by atoms with Crippen molar-refractivity contribution in [1.29, 1.82) is 0 Å². The third-order valence-electron chi connectivity index (χ3n) is 4.47. The Morgan fingerprint density at radius 1 is 0.882 bits per heavy atom. The highest BCUT2D eigenvalue weighted by atomic mass is 16.6. The first kappa shape index (κ1) is 26.4. The van der Waals surface area contributed by atoms with E-state index in [1.165, 1.54) is 12.1 Å². The van der Waals surface area contributed by atoms with Crippen LogP contribution in [0.25, 0.3) is 0 Å². The lowest BCUT2D eigenvalue weighted by atomic mass is 10.1. The number of hydrogen-bond acceptors (Lipinski definition) is 6. The van der Waals surface area contributed by atoms with Gasteiger partial charge in [0, 0.05) is 11.4 Å². The first-order chi connectivity index (χ1) is 15.8. The molecule has 2 rings (SSSR count). The van der Waals surface area contributed by atoms with Crippen LogP contribution in [0, 0.1) is 20.8 Å². The molecule has 0 atom stereocenters. The summed E-state index contributed by atoms with van der Waals surface area (Å²) >= 11 is 0. The first-order valence-corrected chi connectivity index (χ1v) is 10.8. The molecule has 3 amide bonds. The zero-order chi connectivity index (χ0) is 25.5. The Morgan fingerprint density at radius 2 is 1.53 bits per heavy atom. The first-order valence-electron chi connectivity index (χ1n) is 10.8. The molecule has 0 aliphatic heterocycles. The molecule has 0 aliphatic carbocycles. The second-order valence-corrected chi connectivity index (χ2v) is 8.88. The molecule has 0 radical (unpaired) electrons. The van der Waals surface area contributed by atoms with Gasteiger partial charge in [-0.05, 0) is 70.9 Å². The average molecular weight is 470 g/mol. The summed E-state index contributed by atoms with van der Waals surface area (Å²) in [5.41, 5.74) is 3.47. The van der Waals surface area contributed by atoms with E-state index in [0.717, 1.165) is 16.7 Å². The van der Waals surface area contributed by atoms with Crippen LogP contribution in [0.1, 0.15) is 47.8 Å². The average Bonchev–Trinajstić information content (AvgIpc) is 2.71. The van der Waals surface area contributed by atoms with E-state index >= 15 is 0 Å². The molecular weight excluding hydrogens is 438 g/mol. The minimum atomic E-state index is -0.752. The number of anilines is 2. The number of aryl methyl sites for hydroxylation is 3. The maximum absolute atomic E-state index is 12.3. The molecule has 0 heterocycles. The van der Waals surface area contributed by atoms with Gasteiger partial charge in [0.1, 0.15) is 5.60 Å². The van der Waals surface area contributed by atoms with Crippen molar-refractivity contribution in [3.63, 3.8) is 0 Å². The van der Waals surface area contributed by atoms with Gasteiger partial charge in [-0.3, -0.25) is 14.9 Å². The molecule has 0 saturated heterocycles. The molecule has 2 aromatic rings. The van der Waals surface area contributed by atoms with E-state index < -0.39 is 36.1 Å². The van der Waals surface area contributed by atoms with Crippen LogP contribution in [-0.4, -0.2) is 42.6 Å². The molecule has 34 heavy (non-hydrogen) atoms. The summed E-state index contributed by atoms with van der Waals surface area (Å²) in [5, 5.41) is 7.73. The highest BCUT2D eigenvalue weighted by Crippen LogP contribution is 2.21. The number of carbonyl (C=O) groups is 4. The summed E-state index contributed by atoms with van der Waals surface area (Å²) in [6.07, 6.45) is -0.660. The van der Waals surface area contributed by atoms with Gasteiger partial charge in [0.2, 0.25) is 5.91 Å². The van der Waals surface area contributed by atoms with Crippen molar-refractivity contribution < 1.29 is 28.7 Å². The van der Waals surface area contributed by atoms with E-state index in [1.807, 2.05) is 32.9 Å². The van der Waals surface area contributed by atoms with Crippen molar-refractivity contribution in [3.8, 4) is 0 Å². The van der Waals surface area contributed by atoms with Crippen LogP contribution in [0.3, 0.4) is 0 Å². The molecule has 9 heteroatoms. The summed E-state index contributed by atoms with van der Waals surface area (Å²) in [6.45, 7) is 10.1. The van der Waals surface area contributed by atoms with Crippen molar-refractivity contribution >= 4 is 35.3 Å². The van der Waals surface area contributed by atoms with Crippen LogP contribution >= 0.6 is 0 Å². The molecular formula is C25H31N3O6. The van der Waals surface area contributed by atoms with E-state index in [4.69, 9.17) is 9.47 Å². The maximum Gasteiger partial charge on any atom is 0.412 e. The largest absolute Gasteiger partial charge is 0.452 e. The third kappa shape index (κ3) is 8.57. The number of amides is 3. The molecule has 182 valence electrons. The van der Waals surface area contributed by atoms with Crippen molar-refractivity contribution in [1.82, 2.24) is 5.32 Å².